The summed E-state index contributed by atoms with van der Waals surface area (Å²) in [5, 5.41) is 8.76. The van der Waals surface area contributed by atoms with Crippen molar-refractivity contribution in [2.24, 2.45) is 5.92 Å². The molecule has 7 heteroatoms. The van der Waals surface area contributed by atoms with Crippen molar-refractivity contribution < 1.29 is 18.0 Å². The molecule has 0 aromatic heterocycles. The lowest BCUT2D eigenvalue weighted by molar-refractivity contribution is -0.188. The van der Waals surface area contributed by atoms with E-state index in [9.17, 15) is 18.0 Å². The van der Waals surface area contributed by atoms with Crippen LogP contribution in [0.25, 0.3) is 0 Å². The van der Waals surface area contributed by atoms with Crippen LogP contribution in [0.2, 0.25) is 0 Å². The van der Waals surface area contributed by atoms with E-state index < -0.39 is 12.1 Å². The number of benzene rings is 1. The molecule has 1 atom stereocenters. The Bertz CT molecular complexity index is 607. The van der Waals surface area contributed by atoms with Gasteiger partial charge in [0, 0.05) is 19.6 Å². The number of rotatable bonds is 4. The molecule has 0 N–H and O–H groups in total. The fraction of sp³-hybridized carbons (Fsp3) is 0.529. The van der Waals surface area contributed by atoms with Crippen LogP contribution in [0.5, 0.6) is 0 Å². The molecule has 4 nitrogen and oxygen atoms in total. The van der Waals surface area contributed by atoms with Crippen LogP contribution in [-0.2, 0) is 11.3 Å². The number of likely N-dealkylation sites (tertiary alicyclic amines) is 1. The molecule has 0 saturated carbocycles. The Hall–Kier alpha value is -2.07. The van der Waals surface area contributed by atoms with Crippen LogP contribution < -0.4 is 0 Å². The Labute approximate surface area is 139 Å². The van der Waals surface area contributed by atoms with Gasteiger partial charge in [0.1, 0.15) is 0 Å². The first-order valence-corrected chi connectivity index (χ1v) is 7.81. The molecule has 1 amide bonds. The van der Waals surface area contributed by atoms with E-state index in [1.165, 1.54) is 4.90 Å². The van der Waals surface area contributed by atoms with E-state index in [0.717, 1.165) is 5.56 Å². The van der Waals surface area contributed by atoms with Crippen molar-refractivity contribution in [1.82, 2.24) is 9.80 Å². The van der Waals surface area contributed by atoms with E-state index in [4.69, 9.17) is 5.26 Å². The second kappa shape index (κ2) is 7.67. The number of nitriles is 1. The normalized spacial score (nSPS) is 18.5. The van der Waals surface area contributed by atoms with Gasteiger partial charge in [0.05, 0.1) is 24.1 Å². The molecule has 130 valence electrons. The smallest absolute Gasteiger partial charge is 0.341 e. The Balaban J connectivity index is 1.87. The summed E-state index contributed by atoms with van der Waals surface area (Å²) in [6.45, 7) is 0.710. The molecule has 2 rings (SSSR count). The molecule has 0 bridgehead atoms. The number of likely N-dealkylation sites (N-methyl/N-ethyl adjacent to an activating group) is 1. The Morgan fingerprint density at radius 1 is 1.38 bits per heavy atom. The maximum absolute atomic E-state index is 12.8. The average molecular weight is 339 g/mol. The molecule has 1 aliphatic heterocycles. The average Bonchev–Trinajstić information content (AvgIpc) is 2.54. The van der Waals surface area contributed by atoms with Crippen molar-refractivity contribution in [1.29, 1.82) is 5.26 Å². The third-order valence-electron chi connectivity index (χ3n) is 4.18. The number of carbonyl (C=O) groups is 1. The molecule has 0 radical (unpaired) electrons. The second-order valence-electron chi connectivity index (χ2n) is 6.20. The molecule has 1 fully saturated rings. The van der Waals surface area contributed by atoms with Gasteiger partial charge in [-0.2, -0.15) is 18.4 Å². The van der Waals surface area contributed by atoms with Gasteiger partial charge in [-0.3, -0.25) is 9.69 Å². The highest BCUT2D eigenvalue weighted by molar-refractivity contribution is 5.78. The molecule has 1 heterocycles. The third kappa shape index (κ3) is 4.96. The number of piperidine rings is 1. The van der Waals surface area contributed by atoms with Crippen molar-refractivity contribution in [3.63, 3.8) is 0 Å². The maximum Gasteiger partial charge on any atom is 0.393 e. The number of amides is 1. The van der Waals surface area contributed by atoms with Crippen molar-refractivity contribution in [2.45, 2.75) is 25.6 Å². The minimum absolute atomic E-state index is 0.0740. The molecule has 1 unspecified atom stereocenters. The van der Waals surface area contributed by atoms with Gasteiger partial charge in [0.2, 0.25) is 5.91 Å². The van der Waals surface area contributed by atoms with Crippen molar-refractivity contribution in [2.75, 3.05) is 26.7 Å². The van der Waals surface area contributed by atoms with Crippen LogP contribution >= 0.6 is 0 Å². The summed E-state index contributed by atoms with van der Waals surface area (Å²) in [6.07, 6.45) is -3.77. The molecule has 1 aliphatic rings. The molecular formula is C17H20F3N3O. The fourth-order valence-corrected chi connectivity index (χ4v) is 2.85. The molecule has 1 aromatic carbocycles. The molecule has 1 saturated heterocycles. The first-order chi connectivity index (χ1) is 11.3. The van der Waals surface area contributed by atoms with E-state index >= 15 is 0 Å². The molecule has 0 aliphatic carbocycles. The quantitative estimate of drug-likeness (QED) is 0.847. The van der Waals surface area contributed by atoms with Crippen LogP contribution in [0.1, 0.15) is 24.0 Å². The van der Waals surface area contributed by atoms with Gasteiger partial charge >= 0.3 is 6.18 Å². The summed E-state index contributed by atoms with van der Waals surface area (Å²) >= 11 is 0. The standard InChI is InChI=1S/C17H20F3N3O/c1-22(10-14-6-4-13(9-21)5-7-14)12-16(24)23-8-2-3-15(11-23)17(18,19)20/h4-7,15H,2-3,8,10-12H2,1H3. The third-order valence-corrected chi connectivity index (χ3v) is 4.18. The number of carbonyl (C=O) groups excluding carboxylic acids is 1. The summed E-state index contributed by atoms with van der Waals surface area (Å²) in [6, 6.07) is 9.04. The lowest BCUT2D eigenvalue weighted by Crippen LogP contribution is -2.47. The van der Waals surface area contributed by atoms with Crippen molar-refractivity contribution >= 4 is 5.91 Å². The van der Waals surface area contributed by atoms with E-state index in [2.05, 4.69) is 0 Å². The van der Waals surface area contributed by atoms with Crippen molar-refractivity contribution in [3.8, 4) is 6.07 Å². The lowest BCUT2D eigenvalue weighted by Gasteiger charge is -2.34. The highest BCUT2D eigenvalue weighted by Crippen LogP contribution is 2.33. The maximum atomic E-state index is 12.8. The summed E-state index contributed by atoms with van der Waals surface area (Å²) in [4.78, 5) is 15.3. The largest absolute Gasteiger partial charge is 0.393 e. The number of alkyl halides is 3. The molecule has 0 spiro atoms. The lowest BCUT2D eigenvalue weighted by atomic mass is 9.97. The summed E-state index contributed by atoms with van der Waals surface area (Å²) in [5.74, 6) is -1.70. The topological polar surface area (TPSA) is 47.3 Å². The Morgan fingerprint density at radius 3 is 2.62 bits per heavy atom. The van der Waals surface area contributed by atoms with Crippen molar-refractivity contribution in [3.05, 3.63) is 35.4 Å². The highest BCUT2D eigenvalue weighted by Gasteiger charge is 2.42. The second-order valence-corrected chi connectivity index (χ2v) is 6.20. The van der Waals surface area contributed by atoms with Crippen LogP contribution in [-0.4, -0.2) is 48.6 Å². The van der Waals surface area contributed by atoms with E-state index in [1.807, 2.05) is 6.07 Å². The van der Waals surface area contributed by atoms with Crippen LogP contribution in [0.3, 0.4) is 0 Å². The van der Waals surface area contributed by atoms with E-state index in [0.29, 0.717) is 25.1 Å². The summed E-state index contributed by atoms with van der Waals surface area (Å²) in [5.41, 5.74) is 1.50. The van der Waals surface area contributed by atoms with Gasteiger partial charge in [-0.15, -0.1) is 0 Å². The zero-order chi connectivity index (χ0) is 17.7. The first kappa shape index (κ1) is 18.3. The zero-order valence-electron chi connectivity index (χ0n) is 13.5. The number of halogens is 3. The van der Waals surface area contributed by atoms with Gasteiger partial charge in [0.15, 0.2) is 0 Å². The Morgan fingerprint density at radius 2 is 2.04 bits per heavy atom. The number of nitrogens with zero attached hydrogens (tertiary/aromatic N) is 3. The van der Waals surface area contributed by atoms with Crippen LogP contribution in [0.15, 0.2) is 24.3 Å². The minimum atomic E-state index is -4.24. The molecule has 24 heavy (non-hydrogen) atoms. The SMILES string of the molecule is CN(CC(=O)N1CCCC(C(F)(F)F)C1)Cc1ccc(C#N)cc1. The van der Waals surface area contributed by atoms with Crippen LogP contribution in [0, 0.1) is 17.2 Å². The summed E-state index contributed by atoms with van der Waals surface area (Å²) in [7, 11) is 1.75. The predicted octanol–water partition coefficient (Wildman–Crippen LogP) is 2.79. The zero-order valence-corrected chi connectivity index (χ0v) is 13.5. The monoisotopic (exact) mass is 339 g/mol. The summed E-state index contributed by atoms with van der Waals surface area (Å²) < 4.78 is 38.5. The van der Waals surface area contributed by atoms with Crippen LogP contribution in [0.4, 0.5) is 13.2 Å². The fourth-order valence-electron chi connectivity index (χ4n) is 2.85. The number of hydrogen-bond donors (Lipinski definition) is 0. The molecule has 1 aromatic rings. The van der Waals surface area contributed by atoms with Gasteiger partial charge < -0.3 is 4.90 Å². The highest BCUT2D eigenvalue weighted by atomic mass is 19.4. The van der Waals surface area contributed by atoms with Gasteiger partial charge in [-0.1, -0.05) is 12.1 Å². The first-order valence-electron chi connectivity index (χ1n) is 7.81. The number of hydrogen-bond acceptors (Lipinski definition) is 3. The van der Waals surface area contributed by atoms with Gasteiger partial charge in [-0.25, -0.2) is 0 Å². The van der Waals surface area contributed by atoms with E-state index in [-0.39, 0.29) is 25.4 Å². The van der Waals surface area contributed by atoms with Gasteiger partial charge in [-0.05, 0) is 37.6 Å². The van der Waals surface area contributed by atoms with E-state index in [1.54, 1.807) is 36.2 Å². The predicted molar refractivity (Wildman–Crippen MR) is 82.9 cm³/mol. The van der Waals surface area contributed by atoms with Gasteiger partial charge in [0.25, 0.3) is 0 Å². The Kier molecular flexibility index (Phi) is 5.84. The molecular weight excluding hydrogens is 319 g/mol. The minimum Gasteiger partial charge on any atom is -0.341 e.